The molecule has 0 bridgehead atoms. The van der Waals surface area contributed by atoms with Crippen LogP contribution in [-0.4, -0.2) is 12.6 Å². The smallest absolute Gasteiger partial charge is 0.133 e. The molecular formula is C14H18BrNO. The molecule has 3 heteroatoms. The van der Waals surface area contributed by atoms with Gasteiger partial charge in [-0.1, -0.05) is 6.07 Å². The molecule has 1 aromatic rings. The van der Waals surface area contributed by atoms with Crippen molar-refractivity contribution in [2.75, 3.05) is 6.61 Å². The van der Waals surface area contributed by atoms with Crippen LogP contribution in [0.4, 0.5) is 0 Å². The second-order valence-electron chi connectivity index (χ2n) is 3.97. The Hall–Kier alpha value is -0.980. The fourth-order valence-electron chi connectivity index (χ4n) is 1.50. The zero-order valence-electron chi connectivity index (χ0n) is 10.3. The molecule has 0 aliphatic heterocycles. The number of halogens is 1. The van der Waals surface area contributed by atoms with Crippen LogP contribution in [-0.2, 0) is 6.42 Å². The van der Waals surface area contributed by atoms with E-state index in [1.165, 1.54) is 5.56 Å². The molecule has 0 aromatic heterocycles. The number of hydrogen-bond acceptors (Lipinski definition) is 2. The molecule has 1 aromatic carbocycles. The first-order valence-corrected chi connectivity index (χ1v) is 6.49. The molecule has 1 atom stereocenters. The standard InChI is InChI=1S/C14H18BrNO/c1-3-4-5-8-17-14-7-6-12(9-11(2)16)10-13(14)15/h6-7,10-11H,5,8-9,16H2,1-2H3. The Morgan fingerprint density at radius 1 is 1.47 bits per heavy atom. The van der Waals surface area contributed by atoms with Crippen LogP contribution in [0.5, 0.6) is 5.75 Å². The molecule has 17 heavy (non-hydrogen) atoms. The molecule has 0 fully saturated rings. The van der Waals surface area contributed by atoms with Crippen LogP contribution < -0.4 is 10.5 Å². The normalized spacial score (nSPS) is 11.5. The maximum Gasteiger partial charge on any atom is 0.133 e. The summed E-state index contributed by atoms with van der Waals surface area (Å²) in [5.41, 5.74) is 6.98. The van der Waals surface area contributed by atoms with Crippen molar-refractivity contribution in [3.8, 4) is 17.6 Å². The van der Waals surface area contributed by atoms with Crippen molar-refractivity contribution in [1.29, 1.82) is 0 Å². The number of rotatable bonds is 5. The van der Waals surface area contributed by atoms with Gasteiger partial charge in [0.2, 0.25) is 0 Å². The molecule has 0 saturated heterocycles. The summed E-state index contributed by atoms with van der Waals surface area (Å²) in [7, 11) is 0. The zero-order chi connectivity index (χ0) is 12.7. The fraction of sp³-hybridized carbons (Fsp3) is 0.429. The summed E-state index contributed by atoms with van der Waals surface area (Å²) < 4.78 is 6.59. The first kappa shape index (κ1) is 14.1. The highest BCUT2D eigenvalue weighted by Gasteiger charge is 2.04. The maximum atomic E-state index is 5.76. The lowest BCUT2D eigenvalue weighted by atomic mass is 10.1. The number of hydrogen-bond donors (Lipinski definition) is 1. The Morgan fingerprint density at radius 3 is 2.82 bits per heavy atom. The SMILES string of the molecule is CC#CCCOc1ccc(CC(C)N)cc1Br. The van der Waals surface area contributed by atoms with E-state index in [2.05, 4.69) is 39.9 Å². The molecule has 0 amide bonds. The lowest BCUT2D eigenvalue weighted by Gasteiger charge is -2.10. The summed E-state index contributed by atoms with van der Waals surface area (Å²) in [4.78, 5) is 0. The molecule has 2 nitrogen and oxygen atoms in total. The third-order valence-electron chi connectivity index (χ3n) is 2.22. The van der Waals surface area contributed by atoms with Crippen molar-refractivity contribution < 1.29 is 4.74 Å². The summed E-state index contributed by atoms with van der Waals surface area (Å²) in [5, 5.41) is 0. The van der Waals surface area contributed by atoms with E-state index >= 15 is 0 Å². The van der Waals surface area contributed by atoms with Gasteiger partial charge in [-0.05, 0) is 53.9 Å². The second-order valence-corrected chi connectivity index (χ2v) is 4.83. The van der Waals surface area contributed by atoms with E-state index in [-0.39, 0.29) is 6.04 Å². The van der Waals surface area contributed by atoms with Crippen LogP contribution in [0.3, 0.4) is 0 Å². The molecule has 0 spiro atoms. The lowest BCUT2D eigenvalue weighted by Crippen LogP contribution is -2.17. The van der Waals surface area contributed by atoms with E-state index in [1.807, 2.05) is 19.9 Å². The Kier molecular flexibility index (Phi) is 6.10. The average molecular weight is 296 g/mol. The minimum atomic E-state index is 0.175. The molecule has 2 N–H and O–H groups in total. The molecule has 0 aliphatic carbocycles. The van der Waals surface area contributed by atoms with Gasteiger partial charge in [-0.25, -0.2) is 0 Å². The summed E-state index contributed by atoms with van der Waals surface area (Å²) in [6.07, 6.45) is 1.63. The molecule has 92 valence electrons. The first-order valence-electron chi connectivity index (χ1n) is 5.70. The third kappa shape index (κ3) is 5.25. The maximum absolute atomic E-state index is 5.76. The summed E-state index contributed by atoms with van der Waals surface area (Å²) in [5.74, 6) is 6.67. The Morgan fingerprint density at radius 2 is 2.24 bits per heavy atom. The van der Waals surface area contributed by atoms with Crippen LogP contribution in [0.15, 0.2) is 22.7 Å². The number of ether oxygens (including phenoxy) is 1. The Bertz CT molecular complexity index is 418. The number of nitrogens with two attached hydrogens (primary N) is 1. The van der Waals surface area contributed by atoms with Gasteiger partial charge in [-0.2, -0.15) is 0 Å². The third-order valence-corrected chi connectivity index (χ3v) is 2.84. The van der Waals surface area contributed by atoms with E-state index in [9.17, 15) is 0 Å². The zero-order valence-corrected chi connectivity index (χ0v) is 11.9. The molecule has 0 heterocycles. The highest BCUT2D eigenvalue weighted by molar-refractivity contribution is 9.10. The van der Waals surface area contributed by atoms with Gasteiger partial charge in [-0.15, -0.1) is 11.8 Å². The molecule has 0 saturated carbocycles. The van der Waals surface area contributed by atoms with Crippen LogP contribution in [0.1, 0.15) is 25.8 Å². The number of benzene rings is 1. The van der Waals surface area contributed by atoms with Crippen LogP contribution in [0, 0.1) is 11.8 Å². The van der Waals surface area contributed by atoms with Gasteiger partial charge in [-0.3, -0.25) is 0 Å². The van der Waals surface area contributed by atoms with E-state index in [0.717, 1.165) is 23.1 Å². The summed E-state index contributed by atoms with van der Waals surface area (Å²) in [6.45, 7) is 4.45. The van der Waals surface area contributed by atoms with Crippen molar-refractivity contribution >= 4 is 15.9 Å². The van der Waals surface area contributed by atoms with Crippen molar-refractivity contribution in [3.05, 3.63) is 28.2 Å². The predicted octanol–water partition coefficient (Wildman–Crippen LogP) is 3.13. The Labute approximate surface area is 112 Å². The van der Waals surface area contributed by atoms with E-state index in [4.69, 9.17) is 10.5 Å². The van der Waals surface area contributed by atoms with Crippen LogP contribution in [0.2, 0.25) is 0 Å². The first-order chi connectivity index (χ1) is 8.13. The van der Waals surface area contributed by atoms with Gasteiger partial charge >= 0.3 is 0 Å². The Balaban J connectivity index is 2.58. The molecule has 0 radical (unpaired) electrons. The minimum Gasteiger partial charge on any atom is -0.491 e. The quantitative estimate of drug-likeness (QED) is 0.669. The topological polar surface area (TPSA) is 35.2 Å². The average Bonchev–Trinajstić information content (AvgIpc) is 2.26. The van der Waals surface area contributed by atoms with Gasteiger partial charge in [0, 0.05) is 12.5 Å². The second kappa shape index (κ2) is 7.37. The monoisotopic (exact) mass is 295 g/mol. The van der Waals surface area contributed by atoms with E-state index in [1.54, 1.807) is 0 Å². The summed E-state index contributed by atoms with van der Waals surface area (Å²) >= 11 is 3.50. The largest absolute Gasteiger partial charge is 0.491 e. The molecule has 1 unspecified atom stereocenters. The fourth-order valence-corrected chi connectivity index (χ4v) is 2.04. The molecular weight excluding hydrogens is 278 g/mol. The van der Waals surface area contributed by atoms with Crippen molar-refractivity contribution in [2.45, 2.75) is 32.7 Å². The van der Waals surface area contributed by atoms with Gasteiger partial charge in [0.05, 0.1) is 11.1 Å². The van der Waals surface area contributed by atoms with Crippen molar-refractivity contribution in [2.24, 2.45) is 5.73 Å². The highest BCUT2D eigenvalue weighted by atomic mass is 79.9. The predicted molar refractivity (Wildman–Crippen MR) is 75.1 cm³/mol. The van der Waals surface area contributed by atoms with Crippen molar-refractivity contribution in [1.82, 2.24) is 0 Å². The van der Waals surface area contributed by atoms with E-state index < -0.39 is 0 Å². The minimum absolute atomic E-state index is 0.175. The van der Waals surface area contributed by atoms with Crippen molar-refractivity contribution in [3.63, 3.8) is 0 Å². The summed E-state index contributed by atoms with van der Waals surface area (Å²) in [6, 6.07) is 6.26. The van der Waals surface area contributed by atoms with Gasteiger partial charge < -0.3 is 10.5 Å². The van der Waals surface area contributed by atoms with Gasteiger partial charge in [0.25, 0.3) is 0 Å². The van der Waals surface area contributed by atoms with E-state index in [0.29, 0.717) is 6.61 Å². The van der Waals surface area contributed by atoms with Crippen LogP contribution in [0.25, 0.3) is 0 Å². The van der Waals surface area contributed by atoms with Gasteiger partial charge in [0.1, 0.15) is 5.75 Å². The highest BCUT2D eigenvalue weighted by Crippen LogP contribution is 2.26. The van der Waals surface area contributed by atoms with Gasteiger partial charge in [0.15, 0.2) is 0 Å². The molecule has 1 rings (SSSR count). The lowest BCUT2D eigenvalue weighted by molar-refractivity contribution is 0.325. The van der Waals surface area contributed by atoms with Crippen LogP contribution >= 0.6 is 15.9 Å². The molecule has 0 aliphatic rings.